The molecule has 5 heteroatoms. The first-order valence-electron chi connectivity index (χ1n) is 10.3. The maximum Gasteiger partial charge on any atom is 0.333 e. The number of aliphatic carboxylic acids is 1. The Kier molecular flexibility index (Phi) is 7.31. The number of hydrogen-bond donors (Lipinski definition) is 1. The lowest BCUT2D eigenvalue weighted by Gasteiger charge is -2.20. The van der Waals surface area contributed by atoms with E-state index in [9.17, 15) is 9.90 Å². The van der Waals surface area contributed by atoms with Crippen LogP contribution in [0.4, 0.5) is 0 Å². The number of rotatable bonds is 10. The van der Waals surface area contributed by atoms with E-state index in [0.29, 0.717) is 13.2 Å². The Morgan fingerprint density at radius 2 is 1.73 bits per heavy atom. The maximum atomic E-state index is 11.4. The average molecular weight is 408 g/mol. The van der Waals surface area contributed by atoms with Crippen molar-refractivity contribution in [2.75, 3.05) is 13.2 Å². The highest BCUT2D eigenvalue weighted by molar-refractivity contribution is 5.73. The van der Waals surface area contributed by atoms with Gasteiger partial charge >= 0.3 is 5.97 Å². The summed E-state index contributed by atoms with van der Waals surface area (Å²) in [6, 6.07) is 22.2. The molecule has 0 radical (unpaired) electrons. The molecule has 2 atom stereocenters. The number of aryl methyl sites for hydroxylation is 1. The first kappa shape index (κ1) is 21.7. The summed E-state index contributed by atoms with van der Waals surface area (Å²) < 4.78 is 13.6. The normalized spacial score (nSPS) is 13.0. The molecule has 0 amide bonds. The third-order valence-corrected chi connectivity index (χ3v) is 5.30. The van der Waals surface area contributed by atoms with Crippen LogP contribution in [-0.4, -0.2) is 35.0 Å². The van der Waals surface area contributed by atoms with E-state index in [-0.39, 0.29) is 5.92 Å². The van der Waals surface area contributed by atoms with Gasteiger partial charge in [-0.25, -0.2) is 4.79 Å². The molecule has 0 aliphatic carbocycles. The van der Waals surface area contributed by atoms with Crippen LogP contribution < -0.4 is 4.74 Å². The highest BCUT2D eigenvalue weighted by Gasteiger charge is 2.26. The zero-order valence-corrected chi connectivity index (χ0v) is 17.7. The topological polar surface area (TPSA) is 60.7 Å². The second-order valence-electron chi connectivity index (χ2n) is 7.30. The van der Waals surface area contributed by atoms with Crippen molar-refractivity contribution < 1.29 is 19.4 Å². The average Bonchev–Trinajstić information content (AvgIpc) is 3.13. The van der Waals surface area contributed by atoms with Gasteiger partial charge in [-0.05, 0) is 49.2 Å². The lowest BCUT2D eigenvalue weighted by atomic mass is 9.95. The van der Waals surface area contributed by atoms with Gasteiger partial charge in [0, 0.05) is 23.9 Å². The standard InChI is InChI=1S/C25H29NO4/c1-4-29-24(25(27)28)19(3)20-11-13-22(14-12-20)30-17-16-26-18(2)10-15-23(26)21-8-6-5-7-9-21/h5-15,19,24H,4,16-17H2,1-3H3,(H,27,28). The molecule has 158 valence electrons. The Morgan fingerprint density at radius 1 is 1.03 bits per heavy atom. The second-order valence-corrected chi connectivity index (χ2v) is 7.30. The van der Waals surface area contributed by atoms with E-state index >= 15 is 0 Å². The Labute approximate surface area is 177 Å². The second kappa shape index (κ2) is 10.1. The Morgan fingerprint density at radius 3 is 2.37 bits per heavy atom. The monoisotopic (exact) mass is 407 g/mol. The highest BCUT2D eigenvalue weighted by Crippen LogP contribution is 2.25. The van der Waals surface area contributed by atoms with E-state index in [4.69, 9.17) is 9.47 Å². The van der Waals surface area contributed by atoms with Gasteiger partial charge in [0.2, 0.25) is 0 Å². The Bertz CT molecular complexity index is 947. The van der Waals surface area contributed by atoms with Crippen LogP contribution in [-0.2, 0) is 16.1 Å². The first-order valence-corrected chi connectivity index (χ1v) is 10.3. The number of carbonyl (C=O) groups is 1. The summed E-state index contributed by atoms with van der Waals surface area (Å²) in [7, 11) is 0. The molecule has 0 saturated carbocycles. The number of nitrogens with zero attached hydrogens (tertiary/aromatic N) is 1. The predicted molar refractivity (Wildman–Crippen MR) is 118 cm³/mol. The number of benzene rings is 2. The van der Waals surface area contributed by atoms with E-state index in [2.05, 4.69) is 35.8 Å². The quantitative estimate of drug-likeness (QED) is 0.506. The number of ether oxygens (including phenoxy) is 2. The SMILES string of the molecule is CCOC(C(=O)O)C(C)c1ccc(OCCn2c(C)ccc2-c2ccccc2)cc1. The molecule has 30 heavy (non-hydrogen) atoms. The van der Waals surface area contributed by atoms with Crippen LogP contribution >= 0.6 is 0 Å². The minimum absolute atomic E-state index is 0.243. The van der Waals surface area contributed by atoms with Crippen molar-refractivity contribution in [2.24, 2.45) is 0 Å². The Balaban J connectivity index is 1.62. The van der Waals surface area contributed by atoms with Gasteiger partial charge < -0.3 is 19.1 Å². The van der Waals surface area contributed by atoms with Crippen molar-refractivity contribution in [2.45, 2.75) is 39.3 Å². The summed E-state index contributed by atoms with van der Waals surface area (Å²) in [5, 5.41) is 9.37. The fourth-order valence-corrected chi connectivity index (χ4v) is 3.63. The minimum atomic E-state index is -0.944. The maximum absolute atomic E-state index is 11.4. The molecule has 3 rings (SSSR count). The van der Waals surface area contributed by atoms with Crippen LogP contribution in [0.5, 0.6) is 5.75 Å². The number of carboxylic acid groups (broad SMARTS) is 1. The molecule has 1 heterocycles. The summed E-state index contributed by atoms with van der Waals surface area (Å²) in [5.41, 5.74) is 4.47. The van der Waals surface area contributed by atoms with Crippen LogP contribution in [0, 0.1) is 6.92 Å². The summed E-state index contributed by atoms with van der Waals surface area (Å²) in [6.07, 6.45) is -0.852. The zero-order chi connectivity index (χ0) is 21.5. The van der Waals surface area contributed by atoms with Gasteiger partial charge in [0.15, 0.2) is 6.10 Å². The van der Waals surface area contributed by atoms with Gasteiger partial charge in [0.05, 0.1) is 6.54 Å². The molecule has 0 saturated heterocycles. The fourth-order valence-electron chi connectivity index (χ4n) is 3.63. The smallest absolute Gasteiger partial charge is 0.333 e. The van der Waals surface area contributed by atoms with E-state index in [1.807, 2.05) is 49.4 Å². The van der Waals surface area contributed by atoms with Gasteiger partial charge in [-0.2, -0.15) is 0 Å². The van der Waals surface area contributed by atoms with Gasteiger partial charge in [-0.15, -0.1) is 0 Å². The van der Waals surface area contributed by atoms with Gasteiger partial charge in [0.25, 0.3) is 0 Å². The Hall–Kier alpha value is -3.05. The molecular weight excluding hydrogens is 378 g/mol. The molecule has 3 aromatic rings. The largest absolute Gasteiger partial charge is 0.492 e. The van der Waals surface area contributed by atoms with E-state index in [1.165, 1.54) is 17.0 Å². The lowest BCUT2D eigenvalue weighted by Crippen LogP contribution is -2.29. The molecule has 1 N–H and O–H groups in total. The van der Waals surface area contributed by atoms with Crippen molar-refractivity contribution in [3.05, 3.63) is 78.0 Å². The summed E-state index contributed by atoms with van der Waals surface area (Å²) >= 11 is 0. The summed E-state index contributed by atoms with van der Waals surface area (Å²) in [6.45, 7) is 7.42. The predicted octanol–water partition coefficient (Wildman–Crippen LogP) is 5.14. The molecule has 0 bridgehead atoms. The van der Waals surface area contributed by atoms with Crippen molar-refractivity contribution in [1.29, 1.82) is 0 Å². The first-order chi connectivity index (χ1) is 14.5. The number of aromatic nitrogens is 1. The number of carboxylic acids is 1. The van der Waals surface area contributed by atoms with Crippen LogP contribution in [0.25, 0.3) is 11.3 Å². The lowest BCUT2D eigenvalue weighted by molar-refractivity contribution is -0.151. The van der Waals surface area contributed by atoms with Gasteiger partial charge in [-0.1, -0.05) is 49.4 Å². The third-order valence-electron chi connectivity index (χ3n) is 5.30. The molecular formula is C25H29NO4. The molecule has 0 aliphatic rings. The van der Waals surface area contributed by atoms with Crippen molar-refractivity contribution in [3.8, 4) is 17.0 Å². The highest BCUT2D eigenvalue weighted by atomic mass is 16.5. The molecule has 1 aromatic heterocycles. The third kappa shape index (κ3) is 5.10. The molecule has 0 fully saturated rings. The molecule has 0 aliphatic heterocycles. The minimum Gasteiger partial charge on any atom is -0.492 e. The van der Waals surface area contributed by atoms with Gasteiger partial charge in [-0.3, -0.25) is 0 Å². The van der Waals surface area contributed by atoms with Crippen molar-refractivity contribution >= 4 is 5.97 Å². The molecule has 2 unspecified atom stereocenters. The zero-order valence-electron chi connectivity index (χ0n) is 17.7. The van der Waals surface area contributed by atoms with Crippen LogP contribution in [0.3, 0.4) is 0 Å². The van der Waals surface area contributed by atoms with Gasteiger partial charge in [0.1, 0.15) is 12.4 Å². The van der Waals surface area contributed by atoms with Crippen molar-refractivity contribution in [3.63, 3.8) is 0 Å². The number of hydrogen-bond acceptors (Lipinski definition) is 3. The van der Waals surface area contributed by atoms with E-state index in [1.54, 1.807) is 6.92 Å². The molecule has 0 spiro atoms. The van der Waals surface area contributed by atoms with E-state index in [0.717, 1.165) is 17.9 Å². The molecule has 5 nitrogen and oxygen atoms in total. The van der Waals surface area contributed by atoms with Crippen LogP contribution in [0.15, 0.2) is 66.7 Å². The summed E-state index contributed by atoms with van der Waals surface area (Å²) in [4.78, 5) is 11.4. The summed E-state index contributed by atoms with van der Waals surface area (Å²) in [5.74, 6) is -0.422. The van der Waals surface area contributed by atoms with E-state index < -0.39 is 12.1 Å². The fraction of sp³-hybridized carbons (Fsp3) is 0.320. The van der Waals surface area contributed by atoms with Crippen LogP contribution in [0.1, 0.15) is 31.0 Å². The van der Waals surface area contributed by atoms with Crippen LogP contribution in [0.2, 0.25) is 0 Å². The molecule has 2 aromatic carbocycles. The van der Waals surface area contributed by atoms with Crippen molar-refractivity contribution in [1.82, 2.24) is 4.57 Å².